The summed E-state index contributed by atoms with van der Waals surface area (Å²) in [6.07, 6.45) is 6.99. The van der Waals surface area contributed by atoms with Crippen molar-refractivity contribution >= 4 is 46.6 Å². The number of carbonyl (C=O) groups excluding carboxylic acids is 1. The van der Waals surface area contributed by atoms with Crippen molar-refractivity contribution in [3.63, 3.8) is 0 Å². The van der Waals surface area contributed by atoms with Gasteiger partial charge in [0.2, 0.25) is 11.9 Å². The Hall–Kier alpha value is -2.87. The molecule has 1 aliphatic heterocycles. The summed E-state index contributed by atoms with van der Waals surface area (Å²) in [5.41, 5.74) is 2.83. The molecule has 2 aliphatic rings. The van der Waals surface area contributed by atoms with Crippen LogP contribution in [0.25, 0.3) is 0 Å². The topological polar surface area (TPSA) is 107 Å². The Bertz CT molecular complexity index is 999. The number of benzene rings is 1. The van der Waals surface area contributed by atoms with Crippen molar-refractivity contribution in [1.82, 2.24) is 9.97 Å². The second-order valence-electron chi connectivity index (χ2n) is 8.14. The number of nitrogens with one attached hydrogen (secondary N) is 2. The fraction of sp³-hybridized carbons (Fsp3) is 0.455. The number of carboxylic acids is 1. The van der Waals surface area contributed by atoms with Crippen LogP contribution in [-0.4, -0.2) is 40.0 Å². The Morgan fingerprint density at radius 3 is 2.84 bits per heavy atom. The van der Waals surface area contributed by atoms with E-state index in [0.717, 1.165) is 49.0 Å². The number of carbonyl (C=O) groups is 2. The number of carboxylic acid groups (broad SMARTS) is 1. The molecule has 1 fully saturated rings. The summed E-state index contributed by atoms with van der Waals surface area (Å²) in [6, 6.07) is 5.61. The van der Waals surface area contributed by atoms with Crippen molar-refractivity contribution < 1.29 is 14.7 Å². The SMILES string of the molecule is CN1C(=O)CCCc2cc(Nc3ncc(Cl)c(NC4CCCCC4C(=O)O)n3)ccc21. The highest BCUT2D eigenvalue weighted by Gasteiger charge is 2.31. The van der Waals surface area contributed by atoms with E-state index in [1.807, 2.05) is 18.2 Å². The first kappa shape index (κ1) is 21.4. The van der Waals surface area contributed by atoms with Crippen LogP contribution in [0.2, 0.25) is 5.02 Å². The molecule has 0 spiro atoms. The molecule has 1 aromatic carbocycles. The van der Waals surface area contributed by atoms with Gasteiger partial charge in [0.25, 0.3) is 0 Å². The van der Waals surface area contributed by atoms with Gasteiger partial charge in [0, 0.05) is 30.9 Å². The molecule has 0 saturated heterocycles. The van der Waals surface area contributed by atoms with Crippen molar-refractivity contribution in [2.75, 3.05) is 22.6 Å². The van der Waals surface area contributed by atoms with Crippen molar-refractivity contribution in [3.05, 3.63) is 35.0 Å². The van der Waals surface area contributed by atoms with E-state index in [-0.39, 0.29) is 11.9 Å². The van der Waals surface area contributed by atoms with E-state index >= 15 is 0 Å². The molecule has 1 saturated carbocycles. The summed E-state index contributed by atoms with van der Waals surface area (Å²) in [5.74, 6) is -0.335. The molecule has 164 valence electrons. The van der Waals surface area contributed by atoms with E-state index in [1.54, 1.807) is 11.9 Å². The van der Waals surface area contributed by atoms with E-state index in [2.05, 4.69) is 20.6 Å². The van der Waals surface area contributed by atoms with Gasteiger partial charge >= 0.3 is 5.97 Å². The first-order valence-corrected chi connectivity index (χ1v) is 11.0. The van der Waals surface area contributed by atoms with Gasteiger partial charge in [-0.1, -0.05) is 24.4 Å². The first-order chi connectivity index (χ1) is 14.9. The van der Waals surface area contributed by atoms with Crippen molar-refractivity contribution in [2.45, 2.75) is 51.0 Å². The number of nitrogens with zero attached hydrogens (tertiary/aromatic N) is 3. The molecular formula is C22H26ClN5O3. The number of halogens is 1. The predicted molar refractivity (Wildman–Crippen MR) is 120 cm³/mol. The fourth-order valence-corrected chi connectivity index (χ4v) is 4.50. The largest absolute Gasteiger partial charge is 0.481 e. The van der Waals surface area contributed by atoms with Crippen LogP contribution in [-0.2, 0) is 16.0 Å². The molecule has 2 unspecified atom stereocenters. The first-order valence-electron chi connectivity index (χ1n) is 10.6. The maximum Gasteiger partial charge on any atom is 0.308 e. The van der Waals surface area contributed by atoms with E-state index in [9.17, 15) is 14.7 Å². The summed E-state index contributed by atoms with van der Waals surface area (Å²) in [6.45, 7) is 0. The Morgan fingerprint density at radius 1 is 1.23 bits per heavy atom. The van der Waals surface area contributed by atoms with Crippen LogP contribution in [0.5, 0.6) is 0 Å². The van der Waals surface area contributed by atoms with Gasteiger partial charge in [0.1, 0.15) is 5.02 Å². The van der Waals surface area contributed by atoms with Crippen LogP contribution in [0, 0.1) is 5.92 Å². The highest BCUT2D eigenvalue weighted by Crippen LogP contribution is 2.32. The molecule has 1 amide bonds. The maximum atomic E-state index is 12.1. The lowest BCUT2D eigenvalue weighted by Crippen LogP contribution is -2.37. The number of aryl methyl sites for hydroxylation is 1. The Morgan fingerprint density at radius 2 is 2.03 bits per heavy atom. The fourth-order valence-electron chi connectivity index (χ4n) is 4.36. The number of anilines is 4. The third-order valence-electron chi connectivity index (χ3n) is 6.06. The lowest BCUT2D eigenvalue weighted by molar-refractivity contribution is -0.143. The molecule has 9 heteroatoms. The van der Waals surface area contributed by atoms with Crippen LogP contribution in [0.3, 0.4) is 0 Å². The number of hydrogen-bond donors (Lipinski definition) is 3. The zero-order chi connectivity index (χ0) is 22.0. The summed E-state index contributed by atoms with van der Waals surface area (Å²) in [7, 11) is 1.80. The number of aromatic nitrogens is 2. The molecule has 8 nitrogen and oxygen atoms in total. The van der Waals surface area contributed by atoms with E-state index in [0.29, 0.717) is 29.6 Å². The summed E-state index contributed by atoms with van der Waals surface area (Å²) in [4.78, 5) is 34.1. The number of fused-ring (bicyclic) bond motifs is 1. The third-order valence-corrected chi connectivity index (χ3v) is 6.33. The van der Waals surface area contributed by atoms with Gasteiger partial charge in [-0.15, -0.1) is 0 Å². The zero-order valence-electron chi connectivity index (χ0n) is 17.4. The normalized spacial score (nSPS) is 21.2. The monoisotopic (exact) mass is 443 g/mol. The molecule has 3 N–H and O–H groups in total. The average molecular weight is 444 g/mol. The Balaban J connectivity index is 1.53. The summed E-state index contributed by atoms with van der Waals surface area (Å²) in [5, 5.41) is 16.3. The molecule has 2 aromatic rings. The highest BCUT2D eigenvalue weighted by molar-refractivity contribution is 6.32. The Labute approximate surface area is 186 Å². The second-order valence-corrected chi connectivity index (χ2v) is 8.55. The molecule has 2 atom stereocenters. The molecule has 4 rings (SSSR count). The van der Waals surface area contributed by atoms with Gasteiger partial charge in [-0.2, -0.15) is 4.98 Å². The summed E-state index contributed by atoms with van der Waals surface area (Å²) >= 11 is 6.29. The van der Waals surface area contributed by atoms with E-state index in [4.69, 9.17) is 11.6 Å². The molecular weight excluding hydrogens is 418 g/mol. The van der Waals surface area contributed by atoms with Gasteiger partial charge < -0.3 is 20.6 Å². The average Bonchev–Trinajstić information content (AvgIpc) is 2.89. The van der Waals surface area contributed by atoms with Crippen LogP contribution < -0.4 is 15.5 Å². The van der Waals surface area contributed by atoms with E-state index < -0.39 is 11.9 Å². The number of amides is 1. The lowest BCUT2D eigenvalue weighted by atomic mass is 9.84. The summed E-state index contributed by atoms with van der Waals surface area (Å²) < 4.78 is 0. The van der Waals surface area contributed by atoms with Gasteiger partial charge in [0.15, 0.2) is 5.82 Å². The van der Waals surface area contributed by atoms with Crippen molar-refractivity contribution in [1.29, 1.82) is 0 Å². The number of rotatable bonds is 5. The molecule has 0 bridgehead atoms. The van der Waals surface area contributed by atoms with Gasteiger partial charge in [-0.25, -0.2) is 4.98 Å². The van der Waals surface area contributed by atoms with E-state index in [1.165, 1.54) is 6.20 Å². The number of hydrogen-bond acceptors (Lipinski definition) is 6. The zero-order valence-corrected chi connectivity index (χ0v) is 18.2. The molecule has 1 aliphatic carbocycles. The highest BCUT2D eigenvalue weighted by atomic mass is 35.5. The maximum absolute atomic E-state index is 12.1. The molecule has 1 aromatic heterocycles. The smallest absolute Gasteiger partial charge is 0.308 e. The van der Waals surface area contributed by atoms with Crippen LogP contribution in [0.4, 0.5) is 23.1 Å². The van der Waals surface area contributed by atoms with Crippen LogP contribution >= 0.6 is 11.6 Å². The van der Waals surface area contributed by atoms with Crippen LogP contribution in [0.1, 0.15) is 44.1 Å². The molecule has 2 heterocycles. The third kappa shape index (κ3) is 4.74. The Kier molecular flexibility index (Phi) is 6.27. The van der Waals surface area contributed by atoms with Gasteiger partial charge in [-0.3, -0.25) is 9.59 Å². The van der Waals surface area contributed by atoms with Crippen molar-refractivity contribution in [2.24, 2.45) is 5.92 Å². The molecule has 31 heavy (non-hydrogen) atoms. The van der Waals surface area contributed by atoms with Crippen molar-refractivity contribution in [3.8, 4) is 0 Å². The standard InChI is InChI=1S/C22H26ClN5O3/c1-28-18-10-9-14(11-13(18)5-4-8-19(28)29)25-22-24-12-16(23)20(27-22)26-17-7-3-2-6-15(17)21(30)31/h9-12,15,17H,2-8H2,1H3,(H,30,31)(H2,24,25,26,27). The second kappa shape index (κ2) is 9.09. The quantitative estimate of drug-likeness (QED) is 0.634. The minimum Gasteiger partial charge on any atom is -0.481 e. The van der Waals surface area contributed by atoms with Gasteiger partial charge in [0.05, 0.1) is 12.1 Å². The molecule has 0 radical (unpaired) electrons. The minimum absolute atomic E-state index is 0.124. The number of aliphatic carboxylic acids is 1. The minimum atomic E-state index is -0.797. The lowest BCUT2D eigenvalue weighted by Gasteiger charge is -2.29. The van der Waals surface area contributed by atoms with Gasteiger partial charge in [-0.05, 0) is 49.4 Å². The van der Waals surface area contributed by atoms with Crippen LogP contribution in [0.15, 0.2) is 24.4 Å². The predicted octanol–water partition coefficient (Wildman–Crippen LogP) is 4.23.